The Balaban J connectivity index is 1.81. The van der Waals surface area contributed by atoms with Gasteiger partial charge in [-0.25, -0.2) is 4.98 Å². The summed E-state index contributed by atoms with van der Waals surface area (Å²) >= 11 is 0. The topological polar surface area (TPSA) is 108 Å². The van der Waals surface area contributed by atoms with Crippen molar-refractivity contribution in [2.45, 2.75) is 6.92 Å². The van der Waals surface area contributed by atoms with E-state index in [0.717, 1.165) is 27.2 Å². The van der Waals surface area contributed by atoms with E-state index in [1.807, 2.05) is 31.2 Å². The number of nitrogens with zero attached hydrogens (tertiary/aromatic N) is 1. The van der Waals surface area contributed by atoms with Crippen molar-refractivity contribution in [3.63, 3.8) is 0 Å². The summed E-state index contributed by atoms with van der Waals surface area (Å²) in [5.41, 5.74) is 4.73. The molecule has 7 nitrogen and oxygen atoms in total. The molecular weight excluding hydrogens is 368 g/mol. The van der Waals surface area contributed by atoms with Crippen LogP contribution in [0.15, 0.2) is 62.7 Å². The van der Waals surface area contributed by atoms with Crippen molar-refractivity contribution in [1.29, 1.82) is 0 Å². The summed E-state index contributed by atoms with van der Waals surface area (Å²) in [6.07, 6.45) is 1.75. The number of H-pyrrole nitrogens is 3. The Hall–Kier alpha value is -4.13. The molecule has 4 aromatic heterocycles. The average molecular weight is 382 g/mol. The number of aryl methyl sites for hydroxylation is 1. The largest absolute Gasteiger partial charge is 0.454 e. The third kappa shape index (κ3) is 2.21. The van der Waals surface area contributed by atoms with E-state index >= 15 is 0 Å². The first kappa shape index (κ1) is 15.9. The standard InChI is InChI=1S/C22H14N4O3/c1-10-2-3-11-7-14(22(28)24-16(11)6-10)18-15-9-23-26-21(15)25-19-13-5-4-12(27)8-17(13)29-20(18)19/h2-9H,1H3,(H,24,28)(H2,23,25,26). The molecule has 0 amide bonds. The van der Waals surface area contributed by atoms with E-state index in [-0.39, 0.29) is 11.0 Å². The Labute approximate surface area is 162 Å². The second-order valence-electron chi connectivity index (χ2n) is 7.20. The van der Waals surface area contributed by atoms with Crippen LogP contribution in [0.5, 0.6) is 0 Å². The zero-order chi connectivity index (χ0) is 19.7. The molecule has 0 aliphatic carbocycles. The summed E-state index contributed by atoms with van der Waals surface area (Å²) in [6, 6.07) is 12.4. The van der Waals surface area contributed by atoms with Crippen molar-refractivity contribution in [3.8, 4) is 11.1 Å². The van der Waals surface area contributed by atoms with Crippen LogP contribution >= 0.6 is 0 Å². The maximum Gasteiger partial charge on any atom is 0.256 e. The maximum atomic E-state index is 13.0. The third-order valence-corrected chi connectivity index (χ3v) is 5.29. The lowest BCUT2D eigenvalue weighted by Crippen LogP contribution is -2.09. The van der Waals surface area contributed by atoms with Crippen LogP contribution in [0.25, 0.3) is 55.1 Å². The first-order chi connectivity index (χ1) is 14.1. The molecule has 140 valence electrons. The maximum absolute atomic E-state index is 13.0. The number of furan rings is 1. The highest BCUT2D eigenvalue weighted by Crippen LogP contribution is 2.37. The van der Waals surface area contributed by atoms with Gasteiger partial charge < -0.3 is 14.5 Å². The molecular formula is C22H14N4O3. The molecule has 0 atom stereocenters. The van der Waals surface area contributed by atoms with Crippen LogP contribution < -0.4 is 11.0 Å². The average Bonchev–Trinajstić information content (AvgIpc) is 3.29. The Morgan fingerprint density at radius 1 is 1.00 bits per heavy atom. The zero-order valence-corrected chi connectivity index (χ0v) is 15.3. The van der Waals surface area contributed by atoms with E-state index in [1.165, 1.54) is 12.1 Å². The molecule has 0 unspecified atom stereocenters. The molecule has 0 fully saturated rings. The van der Waals surface area contributed by atoms with Gasteiger partial charge in [0, 0.05) is 34.1 Å². The minimum atomic E-state index is -0.219. The molecule has 29 heavy (non-hydrogen) atoms. The molecule has 3 N–H and O–H groups in total. The van der Waals surface area contributed by atoms with Crippen molar-refractivity contribution in [1.82, 2.24) is 20.2 Å². The Morgan fingerprint density at radius 2 is 1.90 bits per heavy atom. The quantitative estimate of drug-likeness (QED) is 0.400. The van der Waals surface area contributed by atoms with E-state index in [4.69, 9.17) is 4.42 Å². The smallest absolute Gasteiger partial charge is 0.256 e. The molecule has 0 bridgehead atoms. The summed E-state index contributed by atoms with van der Waals surface area (Å²) in [5, 5.41) is 8.32. The molecule has 0 spiro atoms. The van der Waals surface area contributed by atoms with Crippen LogP contribution in [0, 0.1) is 6.92 Å². The second-order valence-corrected chi connectivity index (χ2v) is 7.20. The fraction of sp³-hybridized carbons (Fsp3) is 0.0455. The van der Waals surface area contributed by atoms with Gasteiger partial charge >= 0.3 is 0 Å². The second kappa shape index (κ2) is 5.45. The van der Waals surface area contributed by atoms with Crippen LogP contribution in [0.4, 0.5) is 0 Å². The van der Waals surface area contributed by atoms with Crippen molar-refractivity contribution in [2.24, 2.45) is 0 Å². The molecule has 4 heterocycles. The van der Waals surface area contributed by atoms with E-state index < -0.39 is 0 Å². The van der Waals surface area contributed by atoms with E-state index in [2.05, 4.69) is 20.2 Å². The predicted octanol–water partition coefficient (Wildman–Crippen LogP) is 3.97. The van der Waals surface area contributed by atoms with Crippen molar-refractivity contribution in [3.05, 3.63) is 74.8 Å². The number of hydrogen-bond donors (Lipinski definition) is 3. The first-order valence-electron chi connectivity index (χ1n) is 9.14. The van der Waals surface area contributed by atoms with Crippen molar-refractivity contribution < 1.29 is 4.42 Å². The number of aromatic amines is 3. The highest BCUT2D eigenvalue weighted by atomic mass is 16.3. The molecule has 6 rings (SSSR count). The summed E-state index contributed by atoms with van der Waals surface area (Å²) < 4.78 is 6.04. The molecule has 0 aliphatic rings. The summed E-state index contributed by atoms with van der Waals surface area (Å²) in [4.78, 5) is 32.4. The van der Waals surface area contributed by atoms with Gasteiger partial charge in [0.25, 0.3) is 5.56 Å². The highest BCUT2D eigenvalue weighted by Gasteiger charge is 2.21. The minimum Gasteiger partial charge on any atom is -0.454 e. The van der Waals surface area contributed by atoms with Gasteiger partial charge in [0.2, 0.25) is 0 Å². The molecule has 6 aromatic rings. The van der Waals surface area contributed by atoms with Crippen LogP contribution in [-0.4, -0.2) is 20.2 Å². The fourth-order valence-corrected chi connectivity index (χ4v) is 3.94. The van der Waals surface area contributed by atoms with Gasteiger partial charge in [0.15, 0.2) is 16.7 Å². The Kier molecular flexibility index (Phi) is 2.98. The zero-order valence-electron chi connectivity index (χ0n) is 15.3. The van der Waals surface area contributed by atoms with Gasteiger partial charge in [0.05, 0.1) is 5.56 Å². The minimum absolute atomic E-state index is 0.143. The molecule has 0 saturated heterocycles. The molecule has 0 radical (unpaired) electrons. The number of nitrogens with one attached hydrogen (secondary N) is 3. The Bertz CT molecular complexity index is 1720. The number of pyridine rings is 2. The third-order valence-electron chi connectivity index (χ3n) is 5.29. The van der Waals surface area contributed by atoms with Crippen molar-refractivity contribution in [2.75, 3.05) is 0 Å². The number of rotatable bonds is 1. The lowest BCUT2D eigenvalue weighted by atomic mass is 10.0. The van der Waals surface area contributed by atoms with E-state index in [9.17, 15) is 9.59 Å². The van der Waals surface area contributed by atoms with E-state index in [0.29, 0.717) is 33.5 Å². The van der Waals surface area contributed by atoms with Crippen molar-refractivity contribution >= 4 is 44.0 Å². The van der Waals surface area contributed by atoms with Gasteiger partial charge in [-0.15, -0.1) is 0 Å². The van der Waals surface area contributed by atoms with Gasteiger partial charge in [-0.05, 0) is 42.1 Å². The van der Waals surface area contributed by atoms with Crippen LogP contribution in [0.1, 0.15) is 5.56 Å². The highest BCUT2D eigenvalue weighted by molar-refractivity contribution is 6.14. The van der Waals surface area contributed by atoms with Gasteiger partial charge in [-0.1, -0.05) is 12.1 Å². The fourth-order valence-electron chi connectivity index (χ4n) is 3.94. The normalized spacial score (nSPS) is 11.9. The SMILES string of the molecule is Cc1ccc2cc(-c3c4c[nH][nH]c4nc4c3oc3cc(=O)ccc34)c(=O)[nH]c2c1. The van der Waals surface area contributed by atoms with Crippen LogP contribution in [-0.2, 0) is 0 Å². The first-order valence-corrected chi connectivity index (χ1v) is 9.14. The molecule has 2 aromatic carbocycles. The molecule has 0 aliphatic heterocycles. The van der Waals surface area contributed by atoms with Gasteiger partial charge in [0.1, 0.15) is 11.1 Å². The number of fused-ring (bicyclic) bond motifs is 5. The summed E-state index contributed by atoms with van der Waals surface area (Å²) in [5.74, 6) is 0. The van der Waals surface area contributed by atoms with Crippen LogP contribution in [0.3, 0.4) is 0 Å². The predicted molar refractivity (Wildman–Crippen MR) is 112 cm³/mol. The number of hydrogen-bond acceptors (Lipinski definition) is 4. The van der Waals surface area contributed by atoms with E-state index in [1.54, 1.807) is 12.3 Å². The van der Waals surface area contributed by atoms with Gasteiger partial charge in [-0.2, -0.15) is 0 Å². The number of benzene rings is 2. The lowest BCUT2D eigenvalue weighted by molar-refractivity contribution is 0.669. The lowest BCUT2D eigenvalue weighted by Gasteiger charge is -2.06. The Morgan fingerprint density at radius 3 is 2.79 bits per heavy atom. The summed E-state index contributed by atoms with van der Waals surface area (Å²) in [6.45, 7) is 1.98. The van der Waals surface area contributed by atoms with Crippen LogP contribution in [0.2, 0.25) is 0 Å². The molecule has 7 heteroatoms. The summed E-state index contributed by atoms with van der Waals surface area (Å²) in [7, 11) is 0. The number of aromatic nitrogens is 4. The molecule has 0 saturated carbocycles. The van der Waals surface area contributed by atoms with Gasteiger partial charge in [-0.3, -0.25) is 14.7 Å². The monoisotopic (exact) mass is 382 g/mol.